The molecular formula is C21H28N4O2S. The lowest BCUT2D eigenvalue weighted by Crippen LogP contribution is -2.43. The normalized spacial score (nSPS) is 11.0. The maximum absolute atomic E-state index is 11.9. The molecule has 0 aliphatic carbocycles. The van der Waals surface area contributed by atoms with Crippen LogP contribution in [0.15, 0.2) is 59.4 Å². The summed E-state index contributed by atoms with van der Waals surface area (Å²) in [7, 11) is 3.47. The second-order valence-corrected chi connectivity index (χ2v) is 7.30. The molecule has 1 aromatic carbocycles. The lowest BCUT2D eigenvalue weighted by Gasteiger charge is -2.15. The van der Waals surface area contributed by atoms with Crippen molar-refractivity contribution in [2.75, 3.05) is 33.8 Å². The van der Waals surface area contributed by atoms with Crippen LogP contribution in [0, 0.1) is 0 Å². The standard InChI is InChI=1S/C21H28N4O2S/c1-4-13-27-19-10-6-5-8-17(19)15-23-21(24-16-20(26)25(2)3)22-12-11-18-9-7-14-28-18/h4-10,14H,1,11-13,15-16H2,2-3H3,(H2,22,23,24). The molecule has 150 valence electrons. The SMILES string of the molecule is C=CCOc1ccccc1CN=C(NCCc1cccs1)NCC(=O)N(C)C. The molecule has 28 heavy (non-hydrogen) atoms. The van der Waals surface area contributed by atoms with Crippen molar-refractivity contribution in [2.45, 2.75) is 13.0 Å². The van der Waals surface area contributed by atoms with E-state index < -0.39 is 0 Å². The fourth-order valence-electron chi connectivity index (χ4n) is 2.34. The van der Waals surface area contributed by atoms with Gasteiger partial charge >= 0.3 is 0 Å². The largest absolute Gasteiger partial charge is 0.489 e. The van der Waals surface area contributed by atoms with E-state index in [1.54, 1.807) is 36.4 Å². The number of carbonyl (C=O) groups is 1. The highest BCUT2D eigenvalue weighted by Crippen LogP contribution is 2.18. The number of benzene rings is 1. The van der Waals surface area contributed by atoms with Gasteiger partial charge in [0.15, 0.2) is 5.96 Å². The van der Waals surface area contributed by atoms with Crippen LogP contribution in [-0.2, 0) is 17.8 Å². The van der Waals surface area contributed by atoms with E-state index >= 15 is 0 Å². The number of nitrogens with zero attached hydrogens (tertiary/aromatic N) is 2. The molecule has 0 radical (unpaired) electrons. The highest BCUT2D eigenvalue weighted by atomic mass is 32.1. The van der Waals surface area contributed by atoms with Crippen LogP contribution in [0.5, 0.6) is 5.75 Å². The topological polar surface area (TPSA) is 66.0 Å². The molecule has 0 unspecified atom stereocenters. The second kappa shape index (κ2) is 11.8. The van der Waals surface area contributed by atoms with Crippen molar-refractivity contribution >= 4 is 23.2 Å². The Balaban J connectivity index is 2.01. The minimum Gasteiger partial charge on any atom is -0.489 e. The Bertz CT molecular complexity index is 772. The van der Waals surface area contributed by atoms with E-state index in [1.807, 2.05) is 30.3 Å². The Kier molecular flexibility index (Phi) is 9.07. The van der Waals surface area contributed by atoms with Gasteiger partial charge in [-0.15, -0.1) is 11.3 Å². The number of aliphatic imine (C=N–C) groups is 1. The third-order valence-corrected chi connectivity index (χ3v) is 4.82. The quantitative estimate of drug-likeness (QED) is 0.366. The number of hydrogen-bond acceptors (Lipinski definition) is 4. The van der Waals surface area contributed by atoms with Gasteiger partial charge in [0.25, 0.3) is 0 Å². The van der Waals surface area contributed by atoms with Crippen LogP contribution in [-0.4, -0.2) is 50.6 Å². The van der Waals surface area contributed by atoms with Crippen LogP contribution >= 0.6 is 11.3 Å². The summed E-state index contributed by atoms with van der Waals surface area (Å²) >= 11 is 1.73. The van der Waals surface area contributed by atoms with Crippen LogP contribution in [0.2, 0.25) is 0 Å². The van der Waals surface area contributed by atoms with Gasteiger partial charge in [-0.25, -0.2) is 4.99 Å². The number of nitrogens with one attached hydrogen (secondary N) is 2. The number of para-hydroxylation sites is 1. The summed E-state index contributed by atoms with van der Waals surface area (Å²) in [5, 5.41) is 8.48. The molecule has 0 fully saturated rings. The van der Waals surface area contributed by atoms with Crippen LogP contribution < -0.4 is 15.4 Å². The van der Waals surface area contributed by atoms with Gasteiger partial charge < -0.3 is 20.3 Å². The van der Waals surface area contributed by atoms with Gasteiger partial charge in [0.1, 0.15) is 12.4 Å². The number of ether oxygens (including phenoxy) is 1. The predicted molar refractivity (Wildman–Crippen MR) is 116 cm³/mol. The van der Waals surface area contributed by atoms with Gasteiger partial charge in [0.05, 0.1) is 13.1 Å². The summed E-state index contributed by atoms with van der Waals surface area (Å²) in [4.78, 5) is 19.4. The summed E-state index contributed by atoms with van der Waals surface area (Å²) in [6.07, 6.45) is 2.62. The fraction of sp³-hybridized carbons (Fsp3) is 0.333. The van der Waals surface area contributed by atoms with Gasteiger partial charge in [-0.2, -0.15) is 0 Å². The molecule has 0 aliphatic heterocycles. The van der Waals surface area contributed by atoms with Crippen LogP contribution in [0.3, 0.4) is 0 Å². The number of thiophene rings is 1. The first-order valence-corrected chi connectivity index (χ1v) is 10.0. The van der Waals surface area contributed by atoms with Gasteiger partial charge in [-0.05, 0) is 23.9 Å². The monoisotopic (exact) mass is 400 g/mol. The molecule has 1 heterocycles. The first kappa shape index (κ1) is 21.5. The number of likely N-dealkylation sites (N-methyl/N-ethyl adjacent to an activating group) is 1. The van der Waals surface area contributed by atoms with E-state index in [4.69, 9.17) is 4.74 Å². The van der Waals surface area contributed by atoms with E-state index in [9.17, 15) is 4.79 Å². The summed E-state index contributed by atoms with van der Waals surface area (Å²) in [6, 6.07) is 11.9. The molecule has 0 saturated carbocycles. The maximum atomic E-state index is 11.9. The number of rotatable bonds is 10. The van der Waals surface area contributed by atoms with Gasteiger partial charge in [-0.3, -0.25) is 4.79 Å². The number of hydrogen-bond donors (Lipinski definition) is 2. The molecule has 2 aromatic rings. The van der Waals surface area contributed by atoms with E-state index in [0.717, 1.165) is 24.3 Å². The third kappa shape index (κ3) is 7.44. The van der Waals surface area contributed by atoms with E-state index in [-0.39, 0.29) is 12.5 Å². The first-order valence-electron chi connectivity index (χ1n) is 9.16. The molecule has 0 aliphatic rings. The highest BCUT2D eigenvalue weighted by Gasteiger charge is 2.07. The van der Waals surface area contributed by atoms with Crippen molar-refractivity contribution in [1.29, 1.82) is 0 Å². The van der Waals surface area contributed by atoms with Crippen molar-refractivity contribution in [2.24, 2.45) is 4.99 Å². The molecule has 0 atom stereocenters. The smallest absolute Gasteiger partial charge is 0.241 e. The van der Waals surface area contributed by atoms with E-state index in [0.29, 0.717) is 19.1 Å². The van der Waals surface area contributed by atoms with Crippen molar-refractivity contribution in [3.8, 4) is 5.75 Å². The van der Waals surface area contributed by atoms with Crippen molar-refractivity contribution in [3.05, 3.63) is 64.9 Å². The minimum atomic E-state index is -0.0116. The molecule has 0 bridgehead atoms. The fourth-order valence-corrected chi connectivity index (χ4v) is 3.05. The maximum Gasteiger partial charge on any atom is 0.241 e. The molecule has 1 amide bonds. The number of carbonyl (C=O) groups excluding carboxylic acids is 1. The zero-order chi connectivity index (χ0) is 20.2. The molecule has 0 spiro atoms. The summed E-state index contributed by atoms with van der Waals surface area (Å²) in [5.41, 5.74) is 0.975. The molecule has 0 saturated heterocycles. The summed E-state index contributed by atoms with van der Waals surface area (Å²) in [5.74, 6) is 1.38. The van der Waals surface area contributed by atoms with Crippen molar-refractivity contribution in [1.82, 2.24) is 15.5 Å². The Hall–Kier alpha value is -2.80. The third-order valence-electron chi connectivity index (χ3n) is 3.89. The van der Waals surface area contributed by atoms with Crippen molar-refractivity contribution < 1.29 is 9.53 Å². The highest BCUT2D eigenvalue weighted by molar-refractivity contribution is 7.09. The summed E-state index contributed by atoms with van der Waals surface area (Å²) < 4.78 is 5.69. The summed E-state index contributed by atoms with van der Waals surface area (Å²) in [6.45, 7) is 5.49. The van der Waals surface area contributed by atoms with Gasteiger partial charge in [0.2, 0.25) is 5.91 Å². The van der Waals surface area contributed by atoms with E-state index in [1.165, 1.54) is 4.88 Å². The second-order valence-electron chi connectivity index (χ2n) is 6.27. The van der Waals surface area contributed by atoms with Crippen LogP contribution in [0.4, 0.5) is 0 Å². The average molecular weight is 401 g/mol. The van der Waals surface area contributed by atoms with Gasteiger partial charge in [-0.1, -0.05) is 36.9 Å². The first-order chi connectivity index (χ1) is 13.6. The van der Waals surface area contributed by atoms with Crippen LogP contribution in [0.25, 0.3) is 0 Å². The number of guanidine groups is 1. The Morgan fingerprint density at radius 1 is 1.25 bits per heavy atom. The Morgan fingerprint density at radius 3 is 2.79 bits per heavy atom. The minimum absolute atomic E-state index is 0.0116. The molecule has 1 aromatic heterocycles. The Labute approximate surface area is 170 Å². The lowest BCUT2D eigenvalue weighted by atomic mass is 10.2. The lowest BCUT2D eigenvalue weighted by molar-refractivity contribution is -0.127. The molecular weight excluding hydrogens is 372 g/mol. The van der Waals surface area contributed by atoms with Crippen molar-refractivity contribution in [3.63, 3.8) is 0 Å². The molecule has 2 rings (SSSR count). The molecule has 2 N–H and O–H groups in total. The molecule has 6 nitrogen and oxygen atoms in total. The zero-order valence-corrected chi connectivity index (χ0v) is 17.3. The van der Waals surface area contributed by atoms with Gasteiger partial charge in [0, 0.05) is 31.1 Å². The Morgan fingerprint density at radius 2 is 2.07 bits per heavy atom. The number of amides is 1. The molecule has 7 heteroatoms. The average Bonchev–Trinajstić information content (AvgIpc) is 3.21. The predicted octanol–water partition coefficient (Wildman–Crippen LogP) is 2.68. The van der Waals surface area contributed by atoms with E-state index in [2.05, 4.69) is 33.7 Å². The zero-order valence-electron chi connectivity index (χ0n) is 16.5. The van der Waals surface area contributed by atoms with Crippen LogP contribution in [0.1, 0.15) is 10.4 Å².